The lowest BCUT2D eigenvalue weighted by Crippen LogP contribution is -2.80. The number of hydrogen-bond donors (Lipinski definition) is 0. The van der Waals surface area contributed by atoms with E-state index in [1.54, 1.807) is 0 Å². The van der Waals surface area contributed by atoms with Gasteiger partial charge in [-0.25, -0.2) is 0 Å². The topological polar surface area (TPSA) is 19.7 Å². The standard InChI is InChI=1S/C88H70B2N4/c1-85(2,3)55-25-13-47(14-26-55)51-21-33-67-59(41-51)63-45-64-60-42-52(48-15-27-56(28-16-48)86(4,5)6)22-34-68(60)92-73-39-40-74-78-77(73)89-75-71(91(67)81(63)79(89)82(64)92)37-38-72-76(75)90(78)80-83-65(61-43-53(23-35-69(61)93(72)83)49-17-29-57(30-18-49)87(7,8)9)46-66-62-44-54(24-36-70(62)94(74)84(66)80)50-19-31-58(32-20-50)88(10,11)12/h13-46H,1-12H3. The highest BCUT2D eigenvalue weighted by Crippen LogP contribution is 2.49. The number of fused-ring (bicyclic) bond motifs is 16. The van der Waals surface area contributed by atoms with Crippen LogP contribution in [-0.4, -0.2) is 31.7 Å². The zero-order chi connectivity index (χ0) is 63.4. The molecule has 0 saturated heterocycles. The largest absolute Gasteiger partial charge is 0.310 e. The predicted molar refractivity (Wildman–Crippen MR) is 403 cm³/mol. The van der Waals surface area contributed by atoms with Crippen molar-refractivity contribution >= 4 is 133 Å². The van der Waals surface area contributed by atoms with E-state index in [1.165, 1.54) is 210 Å². The van der Waals surface area contributed by atoms with Crippen molar-refractivity contribution in [1.29, 1.82) is 0 Å². The molecule has 0 aliphatic carbocycles. The maximum Gasteiger partial charge on any atom is 0.251 e. The zero-order valence-corrected chi connectivity index (χ0v) is 55.6. The molecule has 0 fully saturated rings. The summed E-state index contributed by atoms with van der Waals surface area (Å²) in [5.74, 6) is 0. The average Bonchev–Trinajstić information content (AvgIpc) is 1.35. The third kappa shape index (κ3) is 6.66. The molecule has 16 aromatic rings. The van der Waals surface area contributed by atoms with Gasteiger partial charge in [-0.15, -0.1) is 0 Å². The van der Waals surface area contributed by atoms with Gasteiger partial charge in [-0.2, -0.15) is 0 Å². The highest BCUT2D eigenvalue weighted by Gasteiger charge is 2.54. The first kappa shape index (κ1) is 53.5. The first-order valence-corrected chi connectivity index (χ1v) is 34.1. The summed E-state index contributed by atoms with van der Waals surface area (Å²) in [5.41, 5.74) is 39.9. The molecular formula is C88H70B2N4. The summed E-state index contributed by atoms with van der Waals surface area (Å²) in [6.45, 7) is 27.6. The van der Waals surface area contributed by atoms with Crippen LogP contribution in [0.15, 0.2) is 206 Å². The minimum atomic E-state index is -0.0217. The quantitative estimate of drug-likeness (QED) is 0.157. The van der Waals surface area contributed by atoms with Crippen LogP contribution in [0, 0.1) is 0 Å². The normalized spacial score (nSPS) is 14.1. The lowest BCUT2D eigenvalue weighted by Gasteiger charge is -2.45. The number of benzene rings is 12. The highest BCUT2D eigenvalue weighted by molar-refractivity contribution is 7.15. The van der Waals surface area contributed by atoms with Crippen molar-refractivity contribution in [3.8, 4) is 67.3 Å². The first-order valence-electron chi connectivity index (χ1n) is 34.1. The van der Waals surface area contributed by atoms with Gasteiger partial charge in [0.25, 0.3) is 13.4 Å². The first-order chi connectivity index (χ1) is 45.2. The number of rotatable bonds is 4. The second-order valence-corrected chi connectivity index (χ2v) is 32.5. The molecule has 4 aromatic heterocycles. The summed E-state index contributed by atoms with van der Waals surface area (Å²) >= 11 is 0. The van der Waals surface area contributed by atoms with E-state index in [2.05, 4.69) is 308 Å². The van der Waals surface area contributed by atoms with Crippen molar-refractivity contribution in [2.24, 2.45) is 0 Å². The van der Waals surface area contributed by atoms with Gasteiger partial charge in [0.2, 0.25) is 0 Å². The van der Waals surface area contributed by atoms with Crippen LogP contribution >= 0.6 is 0 Å². The van der Waals surface area contributed by atoms with Crippen molar-refractivity contribution in [3.63, 3.8) is 0 Å². The van der Waals surface area contributed by atoms with Crippen molar-refractivity contribution < 1.29 is 0 Å². The van der Waals surface area contributed by atoms with Crippen LogP contribution in [0.25, 0.3) is 154 Å². The Morgan fingerprint density at radius 2 is 0.404 bits per heavy atom. The number of nitrogens with zero attached hydrogens (tertiary/aromatic N) is 4. The second-order valence-electron chi connectivity index (χ2n) is 32.5. The van der Waals surface area contributed by atoms with Gasteiger partial charge in [0.05, 0.1) is 44.1 Å². The van der Waals surface area contributed by atoms with Gasteiger partial charge in [-0.3, -0.25) is 0 Å². The van der Waals surface area contributed by atoms with E-state index in [-0.39, 0.29) is 35.1 Å². The minimum Gasteiger partial charge on any atom is -0.310 e. The molecule has 448 valence electrons. The molecule has 0 bridgehead atoms. The smallest absolute Gasteiger partial charge is 0.251 e. The molecule has 5 aliphatic rings. The maximum absolute atomic E-state index is 2.72. The Bertz CT molecular complexity index is 5460. The molecular weight excluding hydrogens is 1130 g/mol. The van der Waals surface area contributed by atoms with Crippen molar-refractivity contribution in [1.82, 2.24) is 18.3 Å². The Labute approximate surface area is 548 Å². The van der Waals surface area contributed by atoms with Gasteiger partial charge in [0.15, 0.2) is 0 Å². The summed E-state index contributed by atoms with van der Waals surface area (Å²) in [7, 11) is 0. The van der Waals surface area contributed by atoms with Gasteiger partial charge in [0, 0.05) is 65.8 Å². The third-order valence-electron chi connectivity index (χ3n) is 23.1. The molecule has 21 rings (SSSR count). The van der Waals surface area contributed by atoms with Gasteiger partial charge >= 0.3 is 0 Å². The van der Waals surface area contributed by atoms with E-state index in [4.69, 9.17) is 0 Å². The Hall–Kier alpha value is -10.0. The summed E-state index contributed by atoms with van der Waals surface area (Å²) in [6, 6.07) is 82.1. The average molecular weight is 1210 g/mol. The van der Waals surface area contributed by atoms with Crippen LogP contribution in [0.4, 0.5) is 0 Å². The fourth-order valence-corrected chi connectivity index (χ4v) is 18.4. The monoisotopic (exact) mass is 1200 g/mol. The fraction of sp³-hybridized carbons (Fsp3) is 0.182. The molecule has 94 heavy (non-hydrogen) atoms. The second kappa shape index (κ2) is 17.2. The van der Waals surface area contributed by atoms with Gasteiger partial charge in [-0.05, 0) is 206 Å². The van der Waals surface area contributed by atoms with E-state index in [0.29, 0.717) is 0 Å². The molecule has 0 saturated carbocycles. The van der Waals surface area contributed by atoms with Gasteiger partial charge < -0.3 is 18.3 Å². The van der Waals surface area contributed by atoms with Gasteiger partial charge in [-0.1, -0.05) is 204 Å². The molecule has 5 aliphatic heterocycles. The van der Waals surface area contributed by atoms with Crippen LogP contribution in [0.2, 0.25) is 0 Å². The Kier molecular flexibility index (Phi) is 9.79. The zero-order valence-electron chi connectivity index (χ0n) is 55.6. The maximum atomic E-state index is 2.72. The van der Waals surface area contributed by atoms with E-state index in [0.717, 1.165) is 0 Å². The Morgan fingerprint density at radius 3 is 0.606 bits per heavy atom. The number of aromatic nitrogens is 4. The van der Waals surface area contributed by atoms with E-state index in [9.17, 15) is 0 Å². The van der Waals surface area contributed by atoms with Gasteiger partial charge in [0.1, 0.15) is 0 Å². The summed E-state index contributed by atoms with van der Waals surface area (Å²) in [6.07, 6.45) is 0. The fourth-order valence-electron chi connectivity index (χ4n) is 18.4. The van der Waals surface area contributed by atoms with Crippen LogP contribution < -0.4 is 32.8 Å². The molecule has 0 atom stereocenters. The van der Waals surface area contributed by atoms with E-state index >= 15 is 0 Å². The van der Waals surface area contributed by atoms with Crippen LogP contribution in [0.1, 0.15) is 105 Å². The Balaban J connectivity index is 0.897. The molecule has 0 spiro atoms. The lowest BCUT2D eigenvalue weighted by molar-refractivity contribution is 0.590. The summed E-state index contributed by atoms with van der Waals surface area (Å²) < 4.78 is 10.9. The van der Waals surface area contributed by atoms with Crippen molar-refractivity contribution in [3.05, 3.63) is 229 Å². The third-order valence-corrected chi connectivity index (χ3v) is 23.1. The van der Waals surface area contributed by atoms with Crippen molar-refractivity contribution in [2.45, 2.75) is 105 Å². The van der Waals surface area contributed by atoms with Crippen LogP contribution in [-0.2, 0) is 21.7 Å². The molecule has 4 nitrogen and oxygen atoms in total. The number of hydrogen-bond acceptors (Lipinski definition) is 0. The summed E-state index contributed by atoms with van der Waals surface area (Å²) in [5, 5.41) is 10.5. The van der Waals surface area contributed by atoms with E-state index in [1.807, 2.05) is 0 Å². The van der Waals surface area contributed by atoms with Crippen LogP contribution in [0.3, 0.4) is 0 Å². The molecule has 0 amide bonds. The molecule has 9 heterocycles. The van der Waals surface area contributed by atoms with Crippen LogP contribution in [0.5, 0.6) is 0 Å². The molecule has 0 N–H and O–H groups in total. The lowest BCUT2D eigenvalue weighted by atomic mass is 9.18. The molecule has 0 unspecified atom stereocenters. The molecule has 12 aromatic carbocycles. The van der Waals surface area contributed by atoms with E-state index < -0.39 is 0 Å². The Morgan fingerprint density at radius 1 is 0.202 bits per heavy atom. The predicted octanol–water partition coefficient (Wildman–Crippen LogP) is 18.5. The molecule has 6 heteroatoms. The summed E-state index contributed by atoms with van der Waals surface area (Å²) in [4.78, 5) is 0. The minimum absolute atomic E-state index is 0.0217. The van der Waals surface area contributed by atoms with Crippen molar-refractivity contribution in [2.75, 3.05) is 0 Å². The highest BCUT2D eigenvalue weighted by atomic mass is 15.1. The molecule has 0 radical (unpaired) electrons. The SMILES string of the molecule is CC(C)(C)c1ccc(-c2ccc3c(c2)c2cc4c5cc(-c6ccc(C(C)(C)C)cc6)ccc5n5c4c4c2n3-c2ccc3c6c2B4c2c-5ccc4c2B6c2c5c(cc6c7cc(-c8ccc(C(C)(C)C)cc8)ccc7n-4c26)c2cc(-c4ccc(C(C)(C)C)cc4)ccc2n5-3)cc1.